The van der Waals surface area contributed by atoms with Crippen LogP contribution < -0.4 is 4.74 Å². The number of benzene rings is 2. The van der Waals surface area contributed by atoms with Gasteiger partial charge in [-0.2, -0.15) is 9.78 Å². The minimum absolute atomic E-state index is 0.145. The van der Waals surface area contributed by atoms with Gasteiger partial charge in [0.25, 0.3) is 0 Å². The third-order valence-electron chi connectivity index (χ3n) is 3.97. The zero-order valence-electron chi connectivity index (χ0n) is 13.7. The molecule has 5 nitrogen and oxygen atoms in total. The van der Waals surface area contributed by atoms with E-state index in [9.17, 15) is 0 Å². The van der Waals surface area contributed by atoms with Gasteiger partial charge in [0.05, 0.1) is 18.1 Å². The maximum absolute atomic E-state index is 5.98. The molecule has 0 spiro atoms. The van der Waals surface area contributed by atoms with Gasteiger partial charge in [-0.15, -0.1) is 10.2 Å². The van der Waals surface area contributed by atoms with Crippen LogP contribution in [0.25, 0.3) is 11.4 Å². The summed E-state index contributed by atoms with van der Waals surface area (Å²) >= 11 is 7.61. The van der Waals surface area contributed by atoms with E-state index < -0.39 is 0 Å². The van der Waals surface area contributed by atoms with Crippen molar-refractivity contribution in [2.45, 2.75) is 17.3 Å². The Kier molecular flexibility index (Phi) is 4.23. The van der Waals surface area contributed by atoms with E-state index in [-0.39, 0.29) is 5.25 Å². The van der Waals surface area contributed by atoms with Gasteiger partial charge < -0.3 is 4.74 Å². The van der Waals surface area contributed by atoms with Gasteiger partial charge in [0.15, 0.2) is 5.82 Å². The van der Waals surface area contributed by atoms with Gasteiger partial charge in [0, 0.05) is 16.1 Å². The first kappa shape index (κ1) is 16.2. The first-order valence-electron chi connectivity index (χ1n) is 7.77. The Morgan fingerprint density at radius 2 is 1.84 bits per heavy atom. The minimum atomic E-state index is 0.145. The number of ether oxygens (including phenoxy) is 1. The van der Waals surface area contributed by atoms with Gasteiger partial charge in [-0.3, -0.25) is 0 Å². The molecule has 0 bridgehead atoms. The summed E-state index contributed by atoms with van der Waals surface area (Å²) in [5.41, 5.74) is 2.83. The Morgan fingerprint density at radius 1 is 1.08 bits per heavy atom. The van der Waals surface area contributed by atoms with Crippen molar-refractivity contribution >= 4 is 29.1 Å². The second kappa shape index (κ2) is 6.54. The minimum Gasteiger partial charge on any atom is -0.496 e. The molecule has 0 fully saturated rings. The molecule has 1 aliphatic rings. The summed E-state index contributed by atoms with van der Waals surface area (Å²) < 4.78 is 7.29. The number of para-hydroxylation sites is 1. The molecule has 0 saturated carbocycles. The fourth-order valence-corrected chi connectivity index (χ4v) is 3.78. The lowest BCUT2D eigenvalue weighted by Crippen LogP contribution is -2.22. The molecule has 3 aromatic rings. The maximum Gasteiger partial charge on any atom is 0.213 e. The van der Waals surface area contributed by atoms with Crippen molar-refractivity contribution in [2.75, 3.05) is 7.11 Å². The fourth-order valence-electron chi connectivity index (χ4n) is 2.74. The topological polar surface area (TPSA) is 52.3 Å². The Labute approximate surface area is 154 Å². The van der Waals surface area contributed by atoms with Crippen LogP contribution in [0, 0.1) is 0 Å². The summed E-state index contributed by atoms with van der Waals surface area (Å²) in [6.07, 6.45) is 0. The molecule has 0 amide bonds. The number of hydrogen-bond donors (Lipinski definition) is 0. The number of rotatable bonds is 3. The van der Waals surface area contributed by atoms with Crippen LogP contribution >= 0.6 is 23.4 Å². The van der Waals surface area contributed by atoms with E-state index in [0.717, 1.165) is 27.7 Å². The van der Waals surface area contributed by atoms with Crippen LogP contribution in [0.15, 0.2) is 58.8 Å². The van der Waals surface area contributed by atoms with E-state index in [1.807, 2.05) is 48.5 Å². The molecule has 2 aromatic carbocycles. The van der Waals surface area contributed by atoms with Crippen LogP contribution in [-0.2, 0) is 0 Å². The van der Waals surface area contributed by atoms with E-state index in [4.69, 9.17) is 21.4 Å². The van der Waals surface area contributed by atoms with Crippen molar-refractivity contribution in [3.8, 4) is 17.1 Å². The second-order valence-corrected chi connectivity index (χ2v) is 7.31. The lowest BCUT2D eigenvalue weighted by Gasteiger charge is -2.21. The van der Waals surface area contributed by atoms with E-state index >= 15 is 0 Å². The summed E-state index contributed by atoms with van der Waals surface area (Å²) in [7, 11) is 1.67. The summed E-state index contributed by atoms with van der Waals surface area (Å²) in [5.74, 6) is 1.50. The standard InChI is InChI=1S/C18H15ClN4OS/c1-11-16(14-5-3-4-6-15(14)24-2)22-23-17(20-21-18(23)25-11)12-7-9-13(19)10-8-12/h3-11H,1-2H3/t11-/m0/s1. The highest BCUT2D eigenvalue weighted by Gasteiger charge is 2.27. The molecular weight excluding hydrogens is 356 g/mol. The monoisotopic (exact) mass is 370 g/mol. The normalized spacial score (nSPS) is 16.3. The number of halogens is 1. The molecule has 0 aliphatic carbocycles. The molecule has 7 heteroatoms. The summed E-state index contributed by atoms with van der Waals surface area (Å²) in [6.45, 7) is 2.11. The smallest absolute Gasteiger partial charge is 0.213 e. The number of fused-ring (bicyclic) bond motifs is 1. The van der Waals surface area contributed by atoms with Gasteiger partial charge in [-0.05, 0) is 43.3 Å². The fraction of sp³-hybridized carbons (Fsp3) is 0.167. The predicted octanol–water partition coefficient (Wildman–Crippen LogP) is 4.35. The molecule has 0 unspecified atom stereocenters. The zero-order valence-corrected chi connectivity index (χ0v) is 15.3. The SMILES string of the molecule is COc1ccccc1C1=Nn2c(nnc2-c2ccc(Cl)cc2)S[C@H]1C. The van der Waals surface area contributed by atoms with E-state index in [1.165, 1.54) is 0 Å². The number of nitrogens with zero attached hydrogens (tertiary/aromatic N) is 4. The number of aromatic nitrogens is 3. The lowest BCUT2D eigenvalue weighted by molar-refractivity contribution is 0.414. The molecule has 1 aliphatic heterocycles. The highest BCUT2D eigenvalue weighted by atomic mass is 35.5. The molecular formula is C18H15ClN4OS. The molecule has 1 aromatic heterocycles. The molecule has 0 radical (unpaired) electrons. The van der Waals surface area contributed by atoms with Gasteiger partial charge in [0.2, 0.25) is 5.16 Å². The molecule has 0 saturated heterocycles. The van der Waals surface area contributed by atoms with Gasteiger partial charge in [-0.1, -0.05) is 35.5 Å². The van der Waals surface area contributed by atoms with Gasteiger partial charge in [0.1, 0.15) is 5.75 Å². The Balaban J connectivity index is 1.84. The first-order chi connectivity index (χ1) is 12.2. The molecule has 2 heterocycles. The largest absolute Gasteiger partial charge is 0.496 e. The van der Waals surface area contributed by atoms with Crippen LogP contribution in [0.2, 0.25) is 5.02 Å². The van der Waals surface area contributed by atoms with Crippen molar-refractivity contribution in [1.82, 2.24) is 14.9 Å². The first-order valence-corrected chi connectivity index (χ1v) is 9.03. The number of hydrogen-bond acceptors (Lipinski definition) is 5. The lowest BCUT2D eigenvalue weighted by atomic mass is 10.1. The van der Waals surface area contributed by atoms with E-state index in [1.54, 1.807) is 23.5 Å². The van der Waals surface area contributed by atoms with Crippen LogP contribution in [0.3, 0.4) is 0 Å². The van der Waals surface area contributed by atoms with Crippen LogP contribution in [0.5, 0.6) is 5.75 Å². The van der Waals surface area contributed by atoms with Crippen molar-refractivity contribution < 1.29 is 4.74 Å². The average Bonchev–Trinajstić information content (AvgIpc) is 3.04. The molecule has 1 atom stereocenters. The Morgan fingerprint density at radius 3 is 2.60 bits per heavy atom. The maximum atomic E-state index is 5.98. The zero-order chi connectivity index (χ0) is 17.4. The van der Waals surface area contributed by atoms with E-state index in [2.05, 4.69) is 17.1 Å². The van der Waals surface area contributed by atoms with Crippen molar-refractivity contribution in [1.29, 1.82) is 0 Å². The van der Waals surface area contributed by atoms with E-state index in [0.29, 0.717) is 10.8 Å². The quantitative estimate of drug-likeness (QED) is 0.687. The van der Waals surface area contributed by atoms with Gasteiger partial charge >= 0.3 is 0 Å². The predicted molar refractivity (Wildman–Crippen MR) is 101 cm³/mol. The Bertz CT molecular complexity index is 952. The molecule has 25 heavy (non-hydrogen) atoms. The van der Waals surface area contributed by atoms with Crippen LogP contribution in [0.1, 0.15) is 12.5 Å². The van der Waals surface area contributed by atoms with Gasteiger partial charge in [-0.25, -0.2) is 0 Å². The third-order valence-corrected chi connectivity index (χ3v) is 5.27. The van der Waals surface area contributed by atoms with Crippen LogP contribution in [0.4, 0.5) is 0 Å². The molecule has 126 valence electrons. The Hall–Kier alpha value is -2.31. The third kappa shape index (κ3) is 2.92. The van der Waals surface area contributed by atoms with Crippen molar-refractivity contribution in [3.63, 3.8) is 0 Å². The summed E-state index contributed by atoms with van der Waals surface area (Å²) in [6, 6.07) is 15.4. The second-order valence-electron chi connectivity index (χ2n) is 5.57. The average molecular weight is 371 g/mol. The summed E-state index contributed by atoms with van der Waals surface area (Å²) in [4.78, 5) is 0. The summed E-state index contributed by atoms with van der Waals surface area (Å²) in [5, 5.41) is 15.0. The highest BCUT2D eigenvalue weighted by Crippen LogP contribution is 2.34. The highest BCUT2D eigenvalue weighted by molar-refractivity contribution is 8.00. The molecule has 4 rings (SSSR count). The van der Waals surface area contributed by atoms with Crippen molar-refractivity contribution in [2.24, 2.45) is 5.10 Å². The number of methoxy groups -OCH3 is 1. The van der Waals surface area contributed by atoms with Crippen LogP contribution in [-0.4, -0.2) is 32.9 Å². The van der Waals surface area contributed by atoms with Crippen molar-refractivity contribution in [3.05, 3.63) is 59.1 Å². The molecule has 0 N–H and O–H groups in total. The number of thioether (sulfide) groups is 1.